The van der Waals surface area contributed by atoms with Crippen molar-refractivity contribution in [3.63, 3.8) is 0 Å². The van der Waals surface area contributed by atoms with E-state index >= 15 is 0 Å². The van der Waals surface area contributed by atoms with Gasteiger partial charge in [-0.3, -0.25) is 9.59 Å². The smallest absolute Gasteiger partial charge is 0.343 e. The van der Waals surface area contributed by atoms with Gasteiger partial charge in [-0.25, -0.2) is 13.6 Å². The van der Waals surface area contributed by atoms with Crippen LogP contribution in [0.15, 0.2) is 95.9 Å². The lowest BCUT2D eigenvalue weighted by atomic mass is 10.0. The van der Waals surface area contributed by atoms with Crippen molar-refractivity contribution >= 4 is 40.6 Å². The molecule has 0 unspecified atom stereocenters. The van der Waals surface area contributed by atoms with Crippen LogP contribution in [0.5, 0.6) is 11.5 Å². The Hall–Kier alpha value is -5.57. The second-order valence-corrected chi connectivity index (χ2v) is 9.84. The number of fused-ring (bicyclic) bond motifs is 1. The minimum Gasteiger partial charge on any atom is -0.462 e. The van der Waals surface area contributed by atoms with Gasteiger partial charge in [-0.05, 0) is 67.1 Å². The quantitative estimate of drug-likeness (QED) is 0.142. The molecule has 5 aromatic rings. The van der Waals surface area contributed by atoms with Crippen LogP contribution in [0.2, 0.25) is 0 Å². The minimum atomic E-state index is -0.861. The summed E-state index contributed by atoms with van der Waals surface area (Å²) in [7, 11) is 0. The predicted octanol–water partition coefficient (Wildman–Crippen LogP) is 7.43. The van der Waals surface area contributed by atoms with E-state index in [0.29, 0.717) is 28.3 Å². The molecule has 0 fully saturated rings. The summed E-state index contributed by atoms with van der Waals surface area (Å²) in [5.74, 6) is -1.89. The maximum atomic E-state index is 14.7. The highest BCUT2D eigenvalue weighted by Crippen LogP contribution is 2.33. The summed E-state index contributed by atoms with van der Waals surface area (Å²) in [5, 5.41) is 2.80. The number of hydrogen-bond acceptors (Lipinski definition) is 5. The first-order chi connectivity index (χ1) is 21.2. The number of nitrogens with one attached hydrogen (secondary N) is 1. The van der Waals surface area contributed by atoms with E-state index in [0.717, 1.165) is 17.7 Å². The van der Waals surface area contributed by atoms with Crippen molar-refractivity contribution in [1.29, 1.82) is 0 Å². The van der Waals surface area contributed by atoms with Gasteiger partial charge in [0, 0.05) is 29.9 Å². The number of rotatable bonds is 9. The third-order valence-electron chi connectivity index (χ3n) is 6.78. The van der Waals surface area contributed by atoms with Gasteiger partial charge in [0.25, 0.3) is 0 Å². The molecule has 0 saturated heterocycles. The van der Waals surface area contributed by atoms with Crippen LogP contribution >= 0.6 is 0 Å². The zero-order valence-electron chi connectivity index (χ0n) is 24.0. The number of carbonyl (C=O) groups is 2. The lowest BCUT2D eigenvalue weighted by Gasteiger charge is -2.18. The van der Waals surface area contributed by atoms with Crippen molar-refractivity contribution in [2.75, 3.05) is 11.9 Å². The summed E-state index contributed by atoms with van der Waals surface area (Å²) in [6.07, 6.45) is 4.75. The molecule has 1 heterocycles. The first-order valence-electron chi connectivity index (χ1n) is 13.8. The second kappa shape index (κ2) is 13.2. The number of halogens is 2. The third kappa shape index (κ3) is 6.57. The van der Waals surface area contributed by atoms with Gasteiger partial charge >= 0.3 is 5.97 Å². The van der Waals surface area contributed by atoms with E-state index < -0.39 is 23.0 Å². The molecule has 0 aliphatic heterocycles. The molecule has 1 amide bonds. The number of esters is 1. The molecule has 0 aliphatic carbocycles. The van der Waals surface area contributed by atoms with Crippen LogP contribution in [-0.2, 0) is 16.1 Å². The maximum absolute atomic E-state index is 14.7. The molecule has 0 radical (unpaired) electrons. The number of aromatic nitrogens is 1. The predicted molar refractivity (Wildman–Crippen MR) is 166 cm³/mol. The summed E-state index contributed by atoms with van der Waals surface area (Å²) in [5.41, 5.74) is 0.946. The van der Waals surface area contributed by atoms with E-state index in [4.69, 9.17) is 9.47 Å². The van der Waals surface area contributed by atoms with Crippen molar-refractivity contribution < 1.29 is 27.8 Å². The highest BCUT2D eigenvalue weighted by atomic mass is 19.1. The van der Waals surface area contributed by atoms with Crippen molar-refractivity contribution in [2.45, 2.75) is 20.4 Å². The van der Waals surface area contributed by atoms with Gasteiger partial charge in [0.15, 0.2) is 0 Å². The van der Waals surface area contributed by atoms with Crippen LogP contribution in [0.1, 0.15) is 40.9 Å². The topological polar surface area (TPSA) is 86.6 Å². The third-order valence-corrected chi connectivity index (χ3v) is 6.78. The number of carbonyl (C=O) groups excluding carboxylic acids is 2. The van der Waals surface area contributed by atoms with E-state index in [-0.39, 0.29) is 35.6 Å². The molecule has 0 aliphatic rings. The number of amides is 1. The molecule has 1 N–H and O–H groups in total. The summed E-state index contributed by atoms with van der Waals surface area (Å²) >= 11 is 0. The normalized spacial score (nSPS) is 11.1. The van der Waals surface area contributed by atoms with Gasteiger partial charge in [0.05, 0.1) is 24.1 Å². The molecule has 222 valence electrons. The molecule has 0 saturated carbocycles. The second-order valence-electron chi connectivity index (χ2n) is 9.84. The lowest BCUT2D eigenvalue weighted by molar-refractivity contribution is -0.114. The molecule has 0 bridgehead atoms. The molecular formula is C35H28F2N2O5. The molecule has 5 rings (SSSR count). The number of benzene rings is 4. The van der Waals surface area contributed by atoms with Crippen LogP contribution in [0.25, 0.3) is 23.1 Å². The highest BCUT2D eigenvalue weighted by Gasteiger charge is 2.22. The molecule has 9 heteroatoms. The average Bonchev–Trinajstić information content (AvgIpc) is 3.00. The Morgan fingerprint density at radius 2 is 1.59 bits per heavy atom. The Morgan fingerprint density at radius 3 is 2.25 bits per heavy atom. The Kier molecular flexibility index (Phi) is 8.95. The Balaban J connectivity index is 1.74. The van der Waals surface area contributed by atoms with Crippen LogP contribution in [0.4, 0.5) is 14.5 Å². The first-order valence-corrected chi connectivity index (χ1v) is 13.8. The van der Waals surface area contributed by atoms with Gasteiger partial charge in [0.2, 0.25) is 11.3 Å². The fraction of sp³-hybridized carbons (Fsp3) is 0.114. The Labute approximate surface area is 252 Å². The van der Waals surface area contributed by atoms with Gasteiger partial charge in [-0.15, -0.1) is 0 Å². The fourth-order valence-electron chi connectivity index (χ4n) is 4.76. The van der Waals surface area contributed by atoms with Crippen molar-refractivity contribution in [3.8, 4) is 11.5 Å². The molecule has 7 nitrogen and oxygen atoms in total. The van der Waals surface area contributed by atoms with E-state index in [2.05, 4.69) is 5.32 Å². The zero-order valence-corrected chi connectivity index (χ0v) is 24.0. The van der Waals surface area contributed by atoms with Gasteiger partial charge in [-0.1, -0.05) is 42.5 Å². The fourth-order valence-corrected chi connectivity index (χ4v) is 4.76. The van der Waals surface area contributed by atoms with Crippen LogP contribution in [0.3, 0.4) is 0 Å². The van der Waals surface area contributed by atoms with Gasteiger partial charge in [0.1, 0.15) is 28.7 Å². The molecule has 0 spiro atoms. The molecule has 44 heavy (non-hydrogen) atoms. The minimum absolute atomic E-state index is 0.0245. The largest absolute Gasteiger partial charge is 0.462 e. The number of nitrogens with zero attached hydrogens (tertiary/aromatic N) is 1. The van der Waals surface area contributed by atoms with E-state index in [1.807, 2.05) is 30.3 Å². The number of hydrogen-bond donors (Lipinski definition) is 1. The van der Waals surface area contributed by atoms with E-state index in [1.54, 1.807) is 55.5 Å². The molecule has 1 aromatic heterocycles. The molecule has 4 aromatic carbocycles. The SMILES string of the molecule is CCOC(=O)c1cn(Cc2c(F)cccc2F)c2ccc(Oc3ccc(NC(C)=O)cc3)c(/C=C/c3ccccc3)c2c1=O. The number of ether oxygens (including phenoxy) is 2. The summed E-state index contributed by atoms with van der Waals surface area (Å²) < 4.78 is 42.3. The Morgan fingerprint density at radius 1 is 0.886 bits per heavy atom. The first kappa shape index (κ1) is 29.9. The van der Waals surface area contributed by atoms with Gasteiger partial charge < -0.3 is 19.4 Å². The lowest BCUT2D eigenvalue weighted by Crippen LogP contribution is -2.22. The Bertz CT molecular complexity index is 1910. The average molecular weight is 595 g/mol. The highest BCUT2D eigenvalue weighted by molar-refractivity contribution is 5.99. The zero-order chi connectivity index (χ0) is 31.2. The number of anilines is 1. The summed E-state index contributed by atoms with van der Waals surface area (Å²) in [4.78, 5) is 38.4. The summed E-state index contributed by atoms with van der Waals surface area (Å²) in [6.45, 7) is 2.75. The molecule has 0 atom stereocenters. The maximum Gasteiger partial charge on any atom is 0.343 e. The van der Waals surface area contributed by atoms with Gasteiger partial charge in [-0.2, -0.15) is 0 Å². The number of pyridine rings is 1. The van der Waals surface area contributed by atoms with Crippen molar-refractivity contribution in [1.82, 2.24) is 4.57 Å². The van der Waals surface area contributed by atoms with E-state index in [9.17, 15) is 23.2 Å². The van der Waals surface area contributed by atoms with Crippen LogP contribution < -0.4 is 15.5 Å². The summed E-state index contributed by atoms with van der Waals surface area (Å²) in [6, 6.07) is 22.8. The van der Waals surface area contributed by atoms with Crippen LogP contribution in [0, 0.1) is 11.6 Å². The monoisotopic (exact) mass is 594 g/mol. The standard InChI is InChI=1S/C35H28F2N2O5/c1-3-43-35(42)28-21-39(20-27-29(36)10-7-11-30(27)37)31-18-19-32(44-25-15-13-24(14-16-25)38-22(2)40)26(33(31)34(28)41)17-12-23-8-5-4-6-9-23/h4-19,21H,3,20H2,1-2H3,(H,38,40)/b17-12+. The van der Waals surface area contributed by atoms with Crippen molar-refractivity contribution in [3.05, 3.63) is 135 Å². The van der Waals surface area contributed by atoms with Crippen LogP contribution in [-0.4, -0.2) is 23.1 Å². The van der Waals surface area contributed by atoms with Crippen molar-refractivity contribution in [2.24, 2.45) is 0 Å². The van der Waals surface area contributed by atoms with E-state index in [1.165, 1.54) is 23.8 Å². The molecular weight excluding hydrogens is 566 g/mol.